The summed E-state index contributed by atoms with van der Waals surface area (Å²) in [6, 6.07) is 11.6. The predicted molar refractivity (Wildman–Crippen MR) is 96.6 cm³/mol. The average Bonchev–Trinajstić information content (AvgIpc) is 3.17. The van der Waals surface area contributed by atoms with Crippen molar-refractivity contribution < 1.29 is 13.9 Å². The summed E-state index contributed by atoms with van der Waals surface area (Å²) in [6.07, 6.45) is 5.74. The van der Waals surface area contributed by atoms with E-state index in [2.05, 4.69) is 10.2 Å². The van der Waals surface area contributed by atoms with Crippen molar-refractivity contribution in [3.05, 3.63) is 54.0 Å². The monoisotopic (exact) mass is 342 g/mol. The molecule has 3 rings (SSSR count). The fraction of sp³-hybridized carbons (Fsp3) is 0.450. The molecule has 25 heavy (non-hydrogen) atoms. The van der Waals surface area contributed by atoms with E-state index in [9.17, 15) is 4.79 Å². The lowest BCUT2D eigenvalue weighted by molar-refractivity contribution is -0.120. The van der Waals surface area contributed by atoms with Crippen molar-refractivity contribution in [2.75, 3.05) is 26.7 Å². The standard InChI is InChI=1S/C20H26N2O3/c1-24-17-8-5-7-16(13-17)14-20(23)21-15-18(19-9-6-12-25-19)22-10-3-2-4-11-22/h5-9,12-13,18H,2-4,10-11,14-15H2,1H3,(H,21,23). The molecule has 0 radical (unpaired) electrons. The Morgan fingerprint density at radius 3 is 2.80 bits per heavy atom. The summed E-state index contributed by atoms with van der Waals surface area (Å²) in [5, 5.41) is 3.07. The molecule has 1 amide bonds. The van der Waals surface area contributed by atoms with Crippen molar-refractivity contribution >= 4 is 5.91 Å². The fourth-order valence-corrected chi connectivity index (χ4v) is 3.36. The summed E-state index contributed by atoms with van der Waals surface area (Å²) in [5.41, 5.74) is 0.948. The zero-order valence-corrected chi connectivity index (χ0v) is 14.7. The van der Waals surface area contributed by atoms with Gasteiger partial charge in [0.15, 0.2) is 0 Å². The number of carbonyl (C=O) groups is 1. The van der Waals surface area contributed by atoms with E-state index in [4.69, 9.17) is 9.15 Å². The summed E-state index contributed by atoms with van der Waals surface area (Å²) < 4.78 is 10.8. The fourth-order valence-electron chi connectivity index (χ4n) is 3.36. The normalized spacial score (nSPS) is 16.4. The average molecular weight is 342 g/mol. The summed E-state index contributed by atoms with van der Waals surface area (Å²) in [5.74, 6) is 1.71. The van der Waals surface area contributed by atoms with E-state index in [1.807, 2.05) is 36.4 Å². The summed E-state index contributed by atoms with van der Waals surface area (Å²) in [4.78, 5) is 14.8. The molecule has 5 heteroatoms. The Morgan fingerprint density at radius 2 is 2.08 bits per heavy atom. The van der Waals surface area contributed by atoms with E-state index in [1.165, 1.54) is 19.3 Å². The number of methoxy groups -OCH3 is 1. The van der Waals surface area contributed by atoms with Crippen LogP contribution in [0.15, 0.2) is 47.1 Å². The van der Waals surface area contributed by atoms with Crippen LogP contribution in [-0.2, 0) is 11.2 Å². The van der Waals surface area contributed by atoms with Gasteiger partial charge >= 0.3 is 0 Å². The highest BCUT2D eigenvalue weighted by molar-refractivity contribution is 5.78. The van der Waals surface area contributed by atoms with Crippen molar-refractivity contribution in [1.29, 1.82) is 0 Å². The van der Waals surface area contributed by atoms with Crippen molar-refractivity contribution in [2.24, 2.45) is 0 Å². The number of nitrogens with zero attached hydrogens (tertiary/aromatic N) is 1. The number of furan rings is 1. The van der Waals surface area contributed by atoms with Gasteiger partial charge in [-0.05, 0) is 55.8 Å². The summed E-state index contributed by atoms with van der Waals surface area (Å²) in [6.45, 7) is 2.67. The predicted octanol–water partition coefficient (Wildman–Crippen LogP) is 3.17. The number of nitrogens with one attached hydrogen (secondary N) is 1. The first-order chi connectivity index (χ1) is 12.3. The van der Waals surface area contributed by atoms with Crippen molar-refractivity contribution in [1.82, 2.24) is 10.2 Å². The number of hydrogen-bond acceptors (Lipinski definition) is 4. The van der Waals surface area contributed by atoms with Gasteiger partial charge in [-0.2, -0.15) is 0 Å². The summed E-state index contributed by atoms with van der Waals surface area (Å²) >= 11 is 0. The van der Waals surface area contributed by atoms with Gasteiger partial charge in [0.25, 0.3) is 0 Å². The Kier molecular flexibility index (Phi) is 6.12. The van der Waals surface area contributed by atoms with Crippen LogP contribution >= 0.6 is 0 Å². The van der Waals surface area contributed by atoms with E-state index in [1.54, 1.807) is 13.4 Å². The first-order valence-corrected chi connectivity index (χ1v) is 8.93. The lowest BCUT2D eigenvalue weighted by Gasteiger charge is -2.33. The number of benzene rings is 1. The number of rotatable bonds is 7. The molecule has 1 atom stereocenters. The molecule has 2 aromatic rings. The van der Waals surface area contributed by atoms with E-state index in [0.29, 0.717) is 13.0 Å². The highest BCUT2D eigenvalue weighted by atomic mass is 16.5. The third-order valence-electron chi connectivity index (χ3n) is 4.69. The Morgan fingerprint density at radius 1 is 1.24 bits per heavy atom. The minimum absolute atomic E-state index is 0.0156. The molecular weight excluding hydrogens is 316 g/mol. The lowest BCUT2D eigenvalue weighted by atomic mass is 10.1. The van der Waals surface area contributed by atoms with Gasteiger partial charge < -0.3 is 14.5 Å². The smallest absolute Gasteiger partial charge is 0.224 e. The van der Waals surface area contributed by atoms with Crippen molar-refractivity contribution in [3.8, 4) is 5.75 Å². The van der Waals surface area contributed by atoms with Crippen LogP contribution in [0.1, 0.15) is 36.6 Å². The Hall–Kier alpha value is -2.27. The molecule has 1 aromatic carbocycles. The molecule has 1 N–H and O–H groups in total. The molecule has 1 fully saturated rings. The zero-order chi connectivity index (χ0) is 17.5. The quantitative estimate of drug-likeness (QED) is 0.840. The molecule has 2 heterocycles. The maximum absolute atomic E-state index is 12.4. The molecule has 5 nitrogen and oxygen atoms in total. The van der Waals surface area contributed by atoms with Crippen LogP contribution in [0.4, 0.5) is 0 Å². The van der Waals surface area contributed by atoms with Gasteiger partial charge in [-0.3, -0.25) is 9.69 Å². The van der Waals surface area contributed by atoms with Crippen LogP contribution in [-0.4, -0.2) is 37.6 Å². The van der Waals surface area contributed by atoms with E-state index >= 15 is 0 Å². The van der Waals surface area contributed by atoms with E-state index in [-0.39, 0.29) is 11.9 Å². The minimum Gasteiger partial charge on any atom is -0.497 e. The lowest BCUT2D eigenvalue weighted by Crippen LogP contribution is -2.40. The topological polar surface area (TPSA) is 54.7 Å². The Balaban J connectivity index is 1.59. The Bertz CT molecular complexity index is 663. The first kappa shape index (κ1) is 17.5. The van der Waals surface area contributed by atoms with Gasteiger partial charge in [0.1, 0.15) is 11.5 Å². The van der Waals surface area contributed by atoms with Gasteiger partial charge in [0.05, 0.1) is 25.8 Å². The first-order valence-electron chi connectivity index (χ1n) is 8.93. The summed E-state index contributed by atoms with van der Waals surface area (Å²) in [7, 11) is 1.63. The van der Waals surface area contributed by atoms with Crippen LogP contribution in [0.2, 0.25) is 0 Å². The number of ether oxygens (including phenoxy) is 1. The van der Waals surface area contributed by atoms with E-state index in [0.717, 1.165) is 30.2 Å². The SMILES string of the molecule is COc1cccc(CC(=O)NCC(c2ccco2)N2CCCCC2)c1. The number of hydrogen-bond donors (Lipinski definition) is 1. The van der Waals surface area contributed by atoms with Crippen molar-refractivity contribution in [2.45, 2.75) is 31.7 Å². The van der Waals surface area contributed by atoms with Gasteiger partial charge in [0, 0.05) is 6.54 Å². The van der Waals surface area contributed by atoms with Crippen LogP contribution in [0.25, 0.3) is 0 Å². The molecular formula is C20H26N2O3. The Labute approximate surface area is 149 Å². The van der Waals surface area contributed by atoms with Gasteiger partial charge in [0.2, 0.25) is 5.91 Å². The maximum Gasteiger partial charge on any atom is 0.224 e. The molecule has 1 unspecified atom stereocenters. The van der Waals surface area contributed by atoms with Crippen LogP contribution in [0.3, 0.4) is 0 Å². The largest absolute Gasteiger partial charge is 0.497 e. The molecule has 1 aliphatic rings. The second-order valence-corrected chi connectivity index (χ2v) is 6.46. The van der Waals surface area contributed by atoms with Gasteiger partial charge in [-0.25, -0.2) is 0 Å². The third kappa shape index (κ3) is 4.86. The van der Waals surface area contributed by atoms with Crippen molar-refractivity contribution in [3.63, 3.8) is 0 Å². The molecule has 0 saturated carbocycles. The number of likely N-dealkylation sites (tertiary alicyclic amines) is 1. The third-order valence-corrected chi connectivity index (χ3v) is 4.69. The molecule has 1 aliphatic heterocycles. The van der Waals surface area contributed by atoms with E-state index < -0.39 is 0 Å². The van der Waals surface area contributed by atoms with Gasteiger partial charge in [-0.15, -0.1) is 0 Å². The molecule has 134 valence electrons. The highest BCUT2D eigenvalue weighted by Gasteiger charge is 2.24. The van der Waals surface area contributed by atoms with Crippen LogP contribution < -0.4 is 10.1 Å². The molecule has 1 saturated heterocycles. The zero-order valence-electron chi connectivity index (χ0n) is 14.7. The number of carbonyl (C=O) groups excluding carboxylic acids is 1. The molecule has 1 aromatic heterocycles. The van der Waals surface area contributed by atoms with Gasteiger partial charge in [-0.1, -0.05) is 18.6 Å². The molecule has 0 spiro atoms. The number of amides is 1. The van der Waals surface area contributed by atoms with Crippen LogP contribution in [0, 0.1) is 0 Å². The maximum atomic E-state index is 12.4. The molecule has 0 aliphatic carbocycles. The molecule has 0 bridgehead atoms. The minimum atomic E-state index is 0.0156. The highest BCUT2D eigenvalue weighted by Crippen LogP contribution is 2.24. The van der Waals surface area contributed by atoms with Crippen LogP contribution in [0.5, 0.6) is 5.75 Å². The second-order valence-electron chi connectivity index (χ2n) is 6.46. The second kappa shape index (κ2) is 8.72. The number of piperidine rings is 1.